The smallest absolute Gasteiger partial charge is 0.393 e. The van der Waals surface area contributed by atoms with E-state index in [1.807, 2.05) is 0 Å². The van der Waals surface area contributed by atoms with Gasteiger partial charge >= 0.3 is 23.9 Å². The van der Waals surface area contributed by atoms with Crippen molar-refractivity contribution in [3.8, 4) is 0 Å². The molecule has 0 spiro atoms. The van der Waals surface area contributed by atoms with Gasteiger partial charge in [-0.3, -0.25) is 14.4 Å². The molecule has 1 saturated heterocycles. The topological polar surface area (TPSA) is 119 Å². The van der Waals surface area contributed by atoms with Crippen LogP contribution in [0.15, 0.2) is 0 Å². The maximum atomic E-state index is 11.0. The van der Waals surface area contributed by atoms with Crippen molar-refractivity contribution in [3.05, 3.63) is 0 Å². The summed E-state index contributed by atoms with van der Waals surface area (Å²) in [4.78, 5) is 32.7. The van der Waals surface area contributed by atoms with Crippen LogP contribution in [0.2, 0.25) is 0 Å². The van der Waals surface area contributed by atoms with E-state index in [0.717, 1.165) is 6.92 Å². The van der Waals surface area contributed by atoms with Crippen molar-refractivity contribution < 1.29 is 38.8 Å². The van der Waals surface area contributed by atoms with Gasteiger partial charge in [0, 0.05) is 6.92 Å². The molecule has 8 nitrogen and oxygen atoms in total. The fraction of sp³-hybridized carbons (Fsp3) is 0.625. The molecule has 1 aliphatic rings. The van der Waals surface area contributed by atoms with Gasteiger partial charge in [0.15, 0.2) is 6.10 Å². The lowest BCUT2D eigenvalue weighted by Gasteiger charge is -2.35. The van der Waals surface area contributed by atoms with E-state index in [1.54, 1.807) is 0 Å². The highest BCUT2D eigenvalue weighted by molar-refractivity contribution is 5.93. The molecule has 0 radical (unpaired) electrons. The van der Waals surface area contributed by atoms with Crippen LogP contribution < -0.4 is 0 Å². The lowest BCUT2D eigenvalue weighted by atomic mass is 10.2. The zero-order chi connectivity index (χ0) is 12.3. The molecule has 1 rings (SSSR count). The van der Waals surface area contributed by atoms with Crippen LogP contribution in [0, 0.1) is 0 Å². The minimum absolute atomic E-state index is 0.652. The number of aliphatic hydroxyl groups excluding tert-OH is 2. The monoisotopic (exact) mass is 234 g/mol. The molecule has 1 unspecified atom stereocenters. The molecule has 0 amide bonds. The van der Waals surface area contributed by atoms with Gasteiger partial charge in [0.2, 0.25) is 0 Å². The summed E-state index contributed by atoms with van der Waals surface area (Å²) in [5, 5.41) is 18.0. The van der Waals surface area contributed by atoms with Gasteiger partial charge in [-0.2, -0.15) is 0 Å². The number of rotatable bonds is 3. The van der Waals surface area contributed by atoms with E-state index >= 15 is 0 Å². The van der Waals surface area contributed by atoms with Crippen LogP contribution in [0.1, 0.15) is 13.3 Å². The van der Waals surface area contributed by atoms with Crippen LogP contribution in [0.3, 0.4) is 0 Å². The highest BCUT2D eigenvalue weighted by atomic mass is 16.9. The third kappa shape index (κ3) is 2.47. The number of hydrogen-bond acceptors (Lipinski definition) is 8. The minimum atomic E-state index is -2.59. The molecule has 0 bridgehead atoms. The standard InChI is InChI=1S/C8H10O8/c1-4(10)14-8(5(11)3-9)15-6(12)2-7(13)16-8/h5,9,11H,2-3H2,1H3. The highest BCUT2D eigenvalue weighted by Gasteiger charge is 2.53. The molecule has 0 aromatic carbocycles. The molecule has 8 heteroatoms. The Balaban J connectivity index is 2.97. The fourth-order valence-corrected chi connectivity index (χ4v) is 1.09. The molecule has 1 atom stereocenters. The first-order valence-electron chi connectivity index (χ1n) is 4.32. The number of carbonyl (C=O) groups is 3. The molecule has 1 fully saturated rings. The van der Waals surface area contributed by atoms with E-state index in [9.17, 15) is 19.5 Å². The van der Waals surface area contributed by atoms with Crippen molar-refractivity contribution >= 4 is 17.9 Å². The Morgan fingerprint density at radius 1 is 1.50 bits per heavy atom. The zero-order valence-electron chi connectivity index (χ0n) is 8.34. The van der Waals surface area contributed by atoms with Crippen LogP contribution in [0.4, 0.5) is 0 Å². The van der Waals surface area contributed by atoms with Gasteiger partial charge in [-0.25, -0.2) is 0 Å². The van der Waals surface area contributed by atoms with Crippen molar-refractivity contribution in [3.63, 3.8) is 0 Å². The second-order valence-electron chi connectivity index (χ2n) is 3.02. The molecule has 0 aliphatic carbocycles. The second kappa shape index (κ2) is 4.45. The van der Waals surface area contributed by atoms with Crippen LogP contribution >= 0.6 is 0 Å². The van der Waals surface area contributed by atoms with Crippen LogP contribution in [-0.4, -0.2) is 46.8 Å². The Bertz CT molecular complexity index is 300. The largest absolute Gasteiger partial charge is 0.453 e. The number of esters is 3. The molecular weight excluding hydrogens is 224 g/mol. The van der Waals surface area contributed by atoms with Gasteiger partial charge in [-0.15, -0.1) is 0 Å². The van der Waals surface area contributed by atoms with Crippen molar-refractivity contribution in [1.82, 2.24) is 0 Å². The van der Waals surface area contributed by atoms with E-state index in [4.69, 9.17) is 5.11 Å². The average Bonchev–Trinajstić information content (AvgIpc) is 2.13. The lowest BCUT2D eigenvalue weighted by Crippen LogP contribution is -2.57. The molecule has 1 aliphatic heterocycles. The summed E-state index contributed by atoms with van der Waals surface area (Å²) in [6.07, 6.45) is -2.52. The number of carbonyl (C=O) groups excluding carboxylic acids is 3. The van der Waals surface area contributed by atoms with E-state index < -0.39 is 43.0 Å². The van der Waals surface area contributed by atoms with Crippen molar-refractivity contribution in [2.75, 3.05) is 6.61 Å². The Kier molecular flexibility index (Phi) is 3.45. The van der Waals surface area contributed by atoms with E-state index in [1.165, 1.54) is 0 Å². The quantitative estimate of drug-likeness (QED) is 0.427. The Morgan fingerprint density at radius 3 is 2.38 bits per heavy atom. The number of hydrogen-bond donors (Lipinski definition) is 2. The zero-order valence-corrected chi connectivity index (χ0v) is 8.34. The predicted molar refractivity (Wildman–Crippen MR) is 44.4 cm³/mol. The van der Waals surface area contributed by atoms with Crippen LogP contribution in [-0.2, 0) is 28.6 Å². The van der Waals surface area contributed by atoms with Crippen molar-refractivity contribution in [1.29, 1.82) is 0 Å². The van der Waals surface area contributed by atoms with E-state index in [-0.39, 0.29) is 0 Å². The summed E-state index contributed by atoms with van der Waals surface area (Å²) < 4.78 is 13.4. The molecule has 16 heavy (non-hydrogen) atoms. The summed E-state index contributed by atoms with van der Waals surface area (Å²) in [6, 6.07) is 0. The van der Waals surface area contributed by atoms with Crippen LogP contribution in [0.25, 0.3) is 0 Å². The molecule has 2 N–H and O–H groups in total. The van der Waals surface area contributed by atoms with Gasteiger partial charge in [0.25, 0.3) is 0 Å². The number of aliphatic hydroxyl groups is 2. The van der Waals surface area contributed by atoms with Gasteiger partial charge < -0.3 is 24.4 Å². The maximum absolute atomic E-state index is 11.0. The predicted octanol–water partition coefficient (Wildman–Crippen LogP) is -1.95. The first-order valence-corrected chi connectivity index (χ1v) is 4.32. The summed E-state index contributed by atoms with van der Waals surface area (Å²) >= 11 is 0. The fourth-order valence-electron chi connectivity index (χ4n) is 1.09. The summed E-state index contributed by atoms with van der Waals surface area (Å²) in [5.41, 5.74) is 0. The molecule has 90 valence electrons. The van der Waals surface area contributed by atoms with Gasteiger partial charge in [-0.1, -0.05) is 0 Å². The number of ether oxygens (including phenoxy) is 3. The molecule has 1 heterocycles. The van der Waals surface area contributed by atoms with Gasteiger partial charge in [0.05, 0.1) is 6.61 Å². The number of cyclic esters (lactones) is 2. The minimum Gasteiger partial charge on any atom is -0.393 e. The normalized spacial score (nSPS) is 20.7. The molecule has 0 aromatic rings. The third-order valence-corrected chi connectivity index (χ3v) is 1.67. The second-order valence-corrected chi connectivity index (χ2v) is 3.02. The summed E-state index contributed by atoms with van der Waals surface area (Å²) in [5.74, 6) is -5.59. The third-order valence-electron chi connectivity index (χ3n) is 1.67. The Labute approximate surface area is 89.7 Å². The first kappa shape index (κ1) is 12.4. The van der Waals surface area contributed by atoms with E-state index in [0.29, 0.717) is 0 Å². The van der Waals surface area contributed by atoms with Crippen molar-refractivity contribution in [2.45, 2.75) is 25.4 Å². The average molecular weight is 234 g/mol. The lowest BCUT2D eigenvalue weighted by molar-refractivity contribution is -0.373. The van der Waals surface area contributed by atoms with Crippen molar-refractivity contribution in [2.24, 2.45) is 0 Å². The Hall–Kier alpha value is -1.67. The van der Waals surface area contributed by atoms with E-state index in [2.05, 4.69) is 14.2 Å². The first-order chi connectivity index (χ1) is 7.39. The Morgan fingerprint density at radius 2 is 2.00 bits per heavy atom. The molecule has 0 saturated carbocycles. The highest BCUT2D eigenvalue weighted by Crippen LogP contribution is 2.26. The molecular formula is C8H10O8. The van der Waals surface area contributed by atoms with Gasteiger partial charge in [-0.05, 0) is 0 Å². The van der Waals surface area contributed by atoms with Gasteiger partial charge in [0.1, 0.15) is 6.42 Å². The maximum Gasteiger partial charge on any atom is 0.453 e. The summed E-state index contributed by atoms with van der Waals surface area (Å²) in [7, 11) is 0. The van der Waals surface area contributed by atoms with Crippen LogP contribution in [0.5, 0.6) is 0 Å². The molecule has 0 aromatic heterocycles. The SMILES string of the molecule is CC(=O)OC1(C(O)CO)OC(=O)CC(=O)O1. The summed E-state index contributed by atoms with van der Waals surface area (Å²) in [6.45, 7) is 0.0377.